The highest BCUT2D eigenvalue weighted by atomic mass is 32.2. The smallest absolute Gasteiger partial charge is 0.0277 e. The van der Waals surface area contributed by atoms with E-state index in [2.05, 4.69) is 31.2 Å². The Hall–Kier alpha value is -0.470. The second kappa shape index (κ2) is 5.74. The van der Waals surface area contributed by atoms with Crippen molar-refractivity contribution in [3.8, 4) is 0 Å². The second-order valence-corrected chi connectivity index (χ2v) is 5.85. The molecule has 2 rings (SSSR count). The largest absolute Gasteiger partial charge is 0.324 e. The van der Waals surface area contributed by atoms with Crippen molar-refractivity contribution in [3.63, 3.8) is 0 Å². The number of hydrogen-bond donors (Lipinski definition) is 1. The van der Waals surface area contributed by atoms with E-state index in [1.807, 2.05) is 11.8 Å². The van der Waals surface area contributed by atoms with E-state index in [1.54, 1.807) is 0 Å². The average Bonchev–Trinajstić information content (AvgIpc) is 2.79. The van der Waals surface area contributed by atoms with E-state index in [0.717, 1.165) is 5.92 Å². The zero-order chi connectivity index (χ0) is 11.4. The first-order chi connectivity index (χ1) is 7.77. The molecule has 0 aromatic heterocycles. The number of benzene rings is 1. The molecule has 1 atom stereocenters. The maximum atomic E-state index is 5.98. The van der Waals surface area contributed by atoms with E-state index >= 15 is 0 Å². The van der Waals surface area contributed by atoms with Gasteiger partial charge in [0, 0.05) is 16.7 Å². The SMILES string of the molecule is C[C@H](N)c1ccccc1SCC1CCCC1. The molecule has 16 heavy (non-hydrogen) atoms. The van der Waals surface area contributed by atoms with Crippen molar-refractivity contribution in [2.24, 2.45) is 11.7 Å². The lowest BCUT2D eigenvalue weighted by Gasteiger charge is -2.14. The molecule has 1 aromatic carbocycles. The summed E-state index contributed by atoms with van der Waals surface area (Å²) in [6, 6.07) is 8.70. The van der Waals surface area contributed by atoms with Crippen LogP contribution in [0.1, 0.15) is 44.2 Å². The third-order valence-electron chi connectivity index (χ3n) is 3.36. The number of rotatable bonds is 4. The highest BCUT2D eigenvalue weighted by Crippen LogP contribution is 2.33. The van der Waals surface area contributed by atoms with Gasteiger partial charge in [0.1, 0.15) is 0 Å². The van der Waals surface area contributed by atoms with E-state index in [4.69, 9.17) is 5.73 Å². The average molecular weight is 235 g/mol. The third-order valence-corrected chi connectivity index (χ3v) is 4.68. The van der Waals surface area contributed by atoms with Crippen molar-refractivity contribution >= 4 is 11.8 Å². The molecule has 88 valence electrons. The Balaban J connectivity index is 1.97. The summed E-state index contributed by atoms with van der Waals surface area (Å²) in [5.74, 6) is 2.20. The van der Waals surface area contributed by atoms with Gasteiger partial charge in [-0.15, -0.1) is 11.8 Å². The Morgan fingerprint density at radius 3 is 2.69 bits per heavy atom. The lowest BCUT2D eigenvalue weighted by Crippen LogP contribution is -2.06. The monoisotopic (exact) mass is 235 g/mol. The highest BCUT2D eigenvalue weighted by molar-refractivity contribution is 7.99. The molecule has 1 fully saturated rings. The summed E-state index contributed by atoms with van der Waals surface area (Å²) in [5, 5.41) is 0. The summed E-state index contributed by atoms with van der Waals surface area (Å²) in [7, 11) is 0. The van der Waals surface area contributed by atoms with Crippen molar-refractivity contribution < 1.29 is 0 Å². The predicted octanol–water partition coefficient (Wildman–Crippen LogP) is 3.99. The molecule has 1 saturated carbocycles. The normalized spacial score (nSPS) is 18.9. The van der Waals surface area contributed by atoms with Gasteiger partial charge in [0.25, 0.3) is 0 Å². The summed E-state index contributed by atoms with van der Waals surface area (Å²) in [4.78, 5) is 1.38. The standard InChI is InChI=1S/C14H21NS/c1-11(15)13-8-4-5-9-14(13)16-10-12-6-2-3-7-12/h4-5,8-9,11-12H,2-3,6-7,10,15H2,1H3/t11-/m0/s1. The molecular formula is C14H21NS. The van der Waals surface area contributed by atoms with E-state index in [1.165, 1.54) is 41.9 Å². The van der Waals surface area contributed by atoms with Gasteiger partial charge in [0.2, 0.25) is 0 Å². The first-order valence-electron chi connectivity index (χ1n) is 6.24. The predicted molar refractivity (Wildman–Crippen MR) is 71.7 cm³/mol. The fourth-order valence-electron chi connectivity index (χ4n) is 2.37. The molecule has 2 heteroatoms. The van der Waals surface area contributed by atoms with E-state index in [0.29, 0.717) is 0 Å². The maximum absolute atomic E-state index is 5.98. The Morgan fingerprint density at radius 2 is 2.00 bits per heavy atom. The van der Waals surface area contributed by atoms with Crippen LogP contribution in [0, 0.1) is 5.92 Å². The molecule has 1 aromatic rings. The molecule has 1 aliphatic carbocycles. The van der Waals surface area contributed by atoms with Crippen LogP contribution in [0.3, 0.4) is 0 Å². The molecule has 0 unspecified atom stereocenters. The van der Waals surface area contributed by atoms with Crippen LogP contribution in [0.25, 0.3) is 0 Å². The second-order valence-electron chi connectivity index (χ2n) is 4.79. The summed E-state index contributed by atoms with van der Waals surface area (Å²) >= 11 is 1.99. The van der Waals surface area contributed by atoms with Crippen molar-refractivity contribution in [3.05, 3.63) is 29.8 Å². The highest BCUT2D eigenvalue weighted by Gasteiger charge is 2.16. The lowest BCUT2D eigenvalue weighted by atomic mass is 10.1. The topological polar surface area (TPSA) is 26.0 Å². The number of hydrogen-bond acceptors (Lipinski definition) is 2. The van der Waals surface area contributed by atoms with Gasteiger partial charge in [-0.25, -0.2) is 0 Å². The minimum absolute atomic E-state index is 0.146. The van der Waals surface area contributed by atoms with E-state index in [9.17, 15) is 0 Å². The van der Waals surface area contributed by atoms with Gasteiger partial charge in [0.15, 0.2) is 0 Å². The van der Waals surface area contributed by atoms with Gasteiger partial charge in [-0.3, -0.25) is 0 Å². The molecule has 0 radical (unpaired) electrons. The molecule has 1 aliphatic rings. The van der Waals surface area contributed by atoms with E-state index in [-0.39, 0.29) is 6.04 Å². The van der Waals surface area contributed by atoms with Gasteiger partial charge >= 0.3 is 0 Å². The van der Waals surface area contributed by atoms with Gasteiger partial charge < -0.3 is 5.73 Å². The molecule has 0 spiro atoms. The van der Waals surface area contributed by atoms with Gasteiger partial charge in [-0.1, -0.05) is 31.0 Å². The molecule has 2 N–H and O–H groups in total. The van der Waals surface area contributed by atoms with Crippen LogP contribution < -0.4 is 5.73 Å². The molecule has 0 aliphatic heterocycles. The Bertz CT molecular complexity index is 329. The maximum Gasteiger partial charge on any atom is 0.0277 e. The van der Waals surface area contributed by atoms with Crippen LogP contribution in [0.5, 0.6) is 0 Å². The zero-order valence-corrected chi connectivity index (χ0v) is 10.8. The summed E-state index contributed by atoms with van der Waals surface area (Å²) < 4.78 is 0. The minimum Gasteiger partial charge on any atom is -0.324 e. The molecule has 0 amide bonds. The van der Waals surface area contributed by atoms with Gasteiger partial charge in [-0.05, 0) is 37.3 Å². The van der Waals surface area contributed by atoms with Crippen molar-refractivity contribution in [2.75, 3.05) is 5.75 Å². The summed E-state index contributed by atoms with van der Waals surface area (Å²) in [6.07, 6.45) is 5.71. The van der Waals surface area contributed by atoms with Crippen LogP contribution in [0.15, 0.2) is 29.2 Å². The van der Waals surface area contributed by atoms with Crippen LogP contribution in [-0.4, -0.2) is 5.75 Å². The third kappa shape index (κ3) is 3.02. The molecular weight excluding hydrogens is 214 g/mol. The summed E-state index contributed by atoms with van der Waals surface area (Å²) in [6.45, 7) is 2.06. The number of nitrogens with two attached hydrogens (primary N) is 1. The van der Waals surface area contributed by atoms with E-state index < -0.39 is 0 Å². The number of thioether (sulfide) groups is 1. The Labute approximate surface area is 103 Å². The van der Waals surface area contributed by atoms with Crippen LogP contribution in [0.2, 0.25) is 0 Å². The molecule has 0 heterocycles. The van der Waals surface area contributed by atoms with Crippen molar-refractivity contribution in [1.82, 2.24) is 0 Å². The minimum atomic E-state index is 0.146. The first-order valence-corrected chi connectivity index (χ1v) is 7.23. The lowest BCUT2D eigenvalue weighted by molar-refractivity contribution is 0.623. The van der Waals surface area contributed by atoms with Crippen LogP contribution in [-0.2, 0) is 0 Å². The quantitative estimate of drug-likeness (QED) is 0.799. The van der Waals surface area contributed by atoms with Crippen molar-refractivity contribution in [1.29, 1.82) is 0 Å². The molecule has 0 saturated heterocycles. The summed E-state index contributed by atoms with van der Waals surface area (Å²) in [5.41, 5.74) is 7.28. The fraction of sp³-hybridized carbons (Fsp3) is 0.571. The molecule has 1 nitrogen and oxygen atoms in total. The fourth-order valence-corrected chi connectivity index (χ4v) is 3.72. The Kier molecular flexibility index (Phi) is 4.30. The molecule has 0 bridgehead atoms. The van der Waals surface area contributed by atoms with Crippen LogP contribution >= 0.6 is 11.8 Å². The van der Waals surface area contributed by atoms with Crippen LogP contribution in [0.4, 0.5) is 0 Å². The zero-order valence-electron chi connectivity index (χ0n) is 9.99. The van der Waals surface area contributed by atoms with Gasteiger partial charge in [-0.2, -0.15) is 0 Å². The van der Waals surface area contributed by atoms with Gasteiger partial charge in [0.05, 0.1) is 0 Å². The first kappa shape index (κ1) is 12.0. The Morgan fingerprint density at radius 1 is 1.31 bits per heavy atom. The van der Waals surface area contributed by atoms with Crippen molar-refractivity contribution in [2.45, 2.75) is 43.5 Å².